The summed E-state index contributed by atoms with van der Waals surface area (Å²) in [6, 6.07) is 6.38. The quantitative estimate of drug-likeness (QED) is 0.647. The molecule has 0 bridgehead atoms. The van der Waals surface area contributed by atoms with Crippen LogP contribution in [-0.2, 0) is 6.54 Å². The minimum Gasteiger partial charge on any atom is -0.493 e. The van der Waals surface area contributed by atoms with Gasteiger partial charge in [-0.05, 0) is 18.1 Å². The monoisotopic (exact) mass is 175 g/mol. The van der Waals surface area contributed by atoms with Crippen LogP contribution < -0.4 is 10.1 Å². The largest absolute Gasteiger partial charge is 0.493 e. The maximum absolute atomic E-state index is 5.64. The summed E-state index contributed by atoms with van der Waals surface area (Å²) in [5.41, 5.74) is 2.89. The first kappa shape index (κ1) is 7.39. The van der Waals surface area contributed by atoms with Crippen molar-refractivity contribution in [2.24, 2.45) is 0 Å². The molecule has 3 rings (SSSR count). The molecule has 0 spiro atoms. The fourth-order valence-electron chi connectivity index (χ4n) is 2.37. The van der Waals surface area contributed by atoms with E-state index in [9.17, 15) is 0 Å². The van der Waals surface area contributed by atoms with E-state index in [4.69, 9.17) is 4.74 Å². The van der Waals surface area contributed by atoms with Crippen molar-refractivity contribution in [3.05, 3.63) is 29.3 Å². The summed E-state index contributed by atoms with van der Waals surface area (Å²) in [7, 11) is 0. The zero-order chi connectivity index (χ0) is 8.67. The van der Waals surface area contributed by atoms with E-state index >= 15 is 0 Å². The van der Waals surface area contributed by atoms with Gasteiger partial charge >= 0.3 is 0 Å². The third-order valence-electron chi connectivity index (χ3n) is 2.99. The number of nitrogens with one attached hydrogen (secondary N) is 1. The number of rotatable bonds is 0. The van der Waals surface area contributed by atoms with Gasteiger partial charge in [-0.25, -0.2) is 0 Å². The Morgan fingerprint density at radius 2 is 2.38 bits per heavy atom. The number of benzene rings is 1. The third kappa shape index (κ3) is 1.05. The smallest absolute Gasteiger partial charge is 0.123 e. The van der Waals surface area contributed by atoms with Crippen molar-refractivity contribution in [3.63, 3.8) is 0 Å². The molecule has 2 aliphatic rings. The van der Waals surface area contributed by atoms with Gasteiger partial charge in [0.1, 0.15) is 5.75 Å². The second-order valence-electron chi connectivity index (χ2n) is 3.79. The Bertz CT molecular complexity index is 307. The topological polar surface area (TPSA) is 21.3 Å². The molecular formula is C11H13NO. The lowest BCUT2D eigenvalue weighted by molar-refractivity contribution is 0.258. The molecule has 0 saturated heterocycles. The van der Waals surface area contributed by atoms with Crippen molar-refractivity contribution in [2.75, 3.05) is 13.2 Å². The van der Waals surface area contributed by atoms with Crippen molar-refractivity contribution in [1.82, 2.24) is 5.32 Å². The summed E-state index contributed by atoms with van der Waals surface area (Å²) in [5.74, 6) is 1.81. The zero-order valence-electron chi connectivity index (χ0n) is 7.55. The van der Waals surface area contributed by atoms with Crippen LogP contribution in [0, 0.1) is 0 Å². The lowest BCUT2D eigenvalue weighted by Crippen LogP contribution is -2.31. The third-order valence-corrected chi connectivity index (χ3v) is 2.99. The molecular weight excluding hydrogens is 162 g/mol. The van der Waals surface area contributed by atoms with Gasteiger partial charge < -0.3 is 10.1 Å². The minimum absolute atomic E-state index is 0.689. The highest BCUT2D eigenvalue weighted by atomic mass is 16.5. The van der Waals surface area contributed by atoms with Crippen LogP contribution in [0.2, 0.25) is 0 Å². The van der Waals surface area contributed by atoms with E-state index in [1.54, 1.807) is 0 Å². The lowest BCUT2D eigenvalue weighted by atomic mass is 9.86. The molecule has 1 atom stereocenters. The molecule has 2 heteroatoms. The van der Waals surface area contributed by atoms with Crippen LogP contribution in [0.3, 0.4) is 0 Å². The SMILES string of the molecule is c1cc2c3c(c1)OCCC3CNC2. The average molecular weight is 175 g/mol. The fourth-order valence-corrected chi connectivity index (χ4v) is 2.37. The van der Waals surface area contributed by atoms with Gasteiger partial charge in [-0.15, -0.1) is 0 Å². The van der Waals surface area contributed by atoms with Crippen LogP contribution in [0.15, 0.2) is 18.2 Å². The Hall–Kier alpha value is -1.02. The summed E-state index contributed by atoms with van der Waals surface area (Å²) in [4.78, 5) is 0. The number of hydrogen-bond donors (Lipinski definition) is 1. The van der Waals surface area contributed by atoms with Gasteiger partial charge in [0.15, 0.2) is 0 Å². The summed E-state index contributed by atoms with van der Waals surface area (Å²) in [6.07, 6.45) is 1.16. The van der Waals surface area contributed by atoms with Crippen LogP contribution in [-0.4, -0.2) is 13.2 Å². The second kappa shape index (κ2) is 2.74. The van der Waals surface area contributed by atoms with E-state index in [-0.39, 0.29) is 0 Å². The second-order valence-corrected chi connectivity index (χ2v) is 3.79. The molecule has 2 aliphatic heterocycles. The van der Waals surface area contributed by atoms with E-state index in [1.807, 2.05) is 0 Å². The highest BCUT2D eigenvalue weighted by Gasteiger charge is 2.26. The van der Waals surface area contributed by atoms with Crippen molar-refractivity contribution in [1.29, 1.82) is 0 Å². The Morgan fingerprint density at radius 3 is 3.38 bits per heavy atom. The van der Waals surface area contributed by atoms with E-state index in [0.29, 0.717) is 5.92 Å². The van der Waals surface area contributed by atoms with Crippen LogP contribution in [0.25, 0.3) is 0 Å². The molecule has 0 aliphatic carbocycles. The van der Waals surface area contributed by atoms with Crippen molar-refractivity contribution in [3.8, 4) is 5.75 Å². The van der Waals surface area contributed by atoms with Gasteiger partial charge in [0.2, 0.25) is 0 Å². The molecule has 1 N–H and O–H groups in total. The fraction of sp³-hybridized carbons (Fsp3) is 0.455. The van der Waals surface area contributed by atoms with E-state index < -0.39 is 0 Å². The van der Waals surface area contributed by atoms with Crippen LogP contribution in [0.5, 0.6) is 5.75 Å². The normalized spacial score (nSPS) is 24.8. The molecule has 1 aromatic rings. The summed E-state index contributed by atoms with van der Waals surface area (Å²) in [5, 5.41) is 3.45. The van der Waals surface area contributed by atoms with E-state index in [2.05, 4.69) is 23.5 Å². The highest BCUT2D eigenvalue weighted by molar-refractivity contribution is 5.45. The van der Waals surface area contributed by atoms with Crippen LogP contribution >= 0.6 is 0 Å². The lowest BCUT2D eigenvalue weighted by Gasteiger charge is -2.32. The van der Waals surface area contributed by atoms with E-state index in [0.717, 1.165) is 31.9 Å². The molecule has 0 aromatic heterocycles. The molecule has 0 saturated carbocycles. The van der Waals surface area contributed by atoms with Gasteiger partial charge in [0.25, 0.3) is 0 Å². The van der Waals surface area contributed by atoms with Crippen molar-refractivity contribution < 1.29 is 4.74 Å². The average Bonchev–Trinajstić information content (AvgIpc) is 2.19. The Labute approximate surface area is 77.9 Å². The standard InChI is InChI=1S/C11H13NO/c1-2-8-6-12-7-9-4-5-13-10(3-1)11(8)9/h1-3,9,12H,4-7H2. The molecule has 1 aromatic carbocycles. The maximum atomic E-state index is 5.64. The first-order valence-electron chi connectivity index (χ1n) is 4.90. The molecule has 2 nitrogen and oxygen atoms in total. The highest BCUT2D eigenvalue weighted by Crippen LogP contribution is 2.37. The summed E-state index contributed by atoms with van der Waals surface area (Å²) >= 11 is 0. The predicted octanol–water partition coefficient (Wildman–Crippen LogP) is 1.66. The van der Waals surface area contributed by atoms with E-state index in [1.165, 1.54) is 11.1 Å². The molecule has 1 unspecified atom stereocenters. The molecule has 13 heavy (non-hydrogen) atoms. The van der Waals surface area contributed by atoms with Gasteiger partial charge in [-0.1, -0.05) is 12.1 Å². The molecule has 0 fully saturated rings. The van der Waals surface area contributed by atoms with Gasteiger partial charge in [0, 0.05) is 24.6 Å². The minimum atomic E-state index is 0.689. The first-order valence-corrected chi connectivity index (χ1v) is 4.90. The van der Waals surface area contributed by atoms with Gasteiger partial charge in [-0.3, -0.25) is 0 Å². The molecule has 2 heterocycles. The summed E-state index contributed by atoms with van der Waals surface area (Å²) in [6.45, 7) is 3.00. The van der Waals surface area contributed by atoms with Crippen molar-refractivity contribution >= 4 is 0 Å². The van der Waals surface area contributed by atoms with Crippen molar-refractivity contribution in [2.45, 2.75) is 18.9 Å². The number of ether oxygens (including phenoxy) is 1. The molecule has 0 radical (unpaired) electrons. The number of hydrogen-bond acceptors (Lipinski definition) is 2. The first-order chi connectivity index (χ1) is 6.45. The Balaban J connectivity index is 2.18. The van der Waals surface area contributed by atoms with Crippen LogP contribution in [0.1, 0.15) is 23.5 Å². The van der Waals surface area contributed by atoms with Crippen LogP contribution in [0.4, 0.5) is 0 Å². The molecule has 68 valence electrons. The summed E-state index contributed by atoms with van der Waals surface area (Å²) < 4.78 is 5.64. The predicted molar refractivity (Wildman–Crippen MR) is 51.0 cm³/mol. The Morgan fingerprint density at radius 1 is 1.38 bits per heavy atom. The maximum Gasteiger partial charge on any atom is 0.123 e. The van der Waals surface area contributed by atoms with Gasteiger partial charge in [0.05, 0.1) is 6.61 Å². The Kier molecular flexibility index (Phi) is 1.56. The van der Waals surface area contributed by atoms with Gasteiger partial charge in [-0.2, -0.15) is 0 Å². The molecule has 0 amide bonds. The zero-order valence-corrected chi connectivity index (χ0v) is 7.55.